The molecular weight excluding hydrogens is 320 g/mol. The number of nitrogens with zero attached hydrogens (tertiary/aromatic N) is 1. The Hall–Kier alpha value is -3.02. The monoisotopic (exact) mass is 342 g/mol. The SMILES string of the molecule is COc1ccc(OC)c(/C=N/NC(=O)COc2c(C)cccc2C)c1. The summed E-state index contributed by atoms with van der Waals surface area (Å²) in [5.41, 5.74) is 5.10. The van der Waals surface area contributed by atoms with Gasteiger partial charge in [-0.1, -0.05) is 18.2 Å². The number of carbonyl (C=O) groups excluding carboxylic acids is 1. The number of rotatable bonds is 7. The summed E-state index contributed by atoms with van der Waals surface area (Å²) < 4.78 is 16.0. The second-order valence-corrected chi connectivity index (χ2v) is 5.41. The summed E-state index contributed by atoms with van der Waals surface area (Å²) in [6.45, 7) is 3.76. The van der Waals surface area contributed by atoms with Crippen LogP contribution in [0.4, 0.5) is 0 Å². The molecule has 2 aromatic carbocycles. The zero-order valence-electron chi connectivity index (χ0n) is 14.8. The zero-order chi connectivity index (χ0) is 18.2. The normalized spacial score (nSPS) is 10.6. The fourth-order valence-corrected chi connectivity index (χ4v) is 2.31. The number of aryl methyl sites for hydroxylation is 2. The van der Waals surface area contributed by atoms with Crippen LogP contribution >= 0.6 is 0 Å². The molecule has 0 aliphatic rings. The summed E-state index contributed by atoms with van der Waals surface area (Å²) in [5.74, 6) is 1.68. The van der Waals surface area contributed by atoms with Crippen molar-refractivity contribution >= 4 is 12.1 Å². The fraction of sp³-hybridized carbons (Fsp3) is 0.263. The fourth-order valence-electron chi connectivity index (χ4n) is 2.31. The van der Waals surface area contributed by atoms with Crippen LogP contribution in [0.5, 0.6) is 17.2 Å². The topological polar surface area (TPSA) is 69.2 Å². The molecule has 0 aliphatic carbocycles. The first-order chi connectivity index (χ1) is 12.0. The molecule has 0 aliphatic heterocycles. The van der Waals surface area contributed by atoms with Crippen molar-refractivity contribution in [3.63, 3.8) is 0 Å². The van der Waals surface area contributed by atoms with E-state index < -0.39 is 0 Å². The van der Waals surface area contributed by atoms with Gasteiger partial charge in [-0.15, -0.1) is 0 Å². The van der Waals surface area contributed by atoms with Gasteiger partial charge in [-0.3, -0.25) is 4.79 Å². The van der Waals surface area contributed by atoms with Gasteiger partial charge in [0.2, 0.25) is 0 Å². The molecule has 0 spiro atoms. The van der Waals surface area contributed by atoms with E-state index in [4.69, 9.17) is 14.2 Å². The van der Waals surface area contributed by atoms with Crippen molar-refractivity contribution in [2.75, 3.05) is 20.8 Å². The highest BCUT2D eigenvalue weighted by Gasteiger charge is 2.07. The summed E-state index contributed by atoms with van der Waals surface area (Å²) in [5, 5.41) is 3.94. The lowest BCUT2D eigenvalue weighted by Gasteiger charge is -2.10. The number of carbonyl (C=O) groups is 1. The van der Waals surface area contributed by atoms with Crippen LogP contribution in [0, 0.1) is 13.8 Å². The van der Waals surface area contributed by atoms with Crippen LogP contribution in [0.15, 0.2) is 41.5 Å². The third kappa shape index (κ3) is 4.97. The Morgan fingerprint density at radius 2 is 1.84 bits per heavy atom. The van der Waals surface area contributed by atoms with Crippen LogP contribution in [0.3, 0.4) is 0 Å². The predicted molar refractivity (Wildman–Crippen MR) is 96.7 cm³/mol. The Bertz CT molecular complexity index is 752. The van der Waals surface area contributed by atoms with Crippen molar-refractivity contribution in [2.45, 2.75) is 13.8 Å². The highest BCUT2D eigenvalue weighted by Crippen LogP contribution is 2.23. The maximum absolute atomic E-state index is 11.9. The molecule has 0 aromatic heterocycles. The van der Waals surface area contributed by atoms with E-state index in [0.29, 0.717) is 17.1 Å². The second-order valence-electron chi connectivity index (χ2n) is 5.41. The molecule has 2 aromatic rings. The van der Waals surface area contributed by atoms with Gasteiger partial charge >= 0.3 is 0 Å². The summed E-state index contributed by atoms with van der Waals surface area (Å²) in [6.07, 6.45) is 1.50. The largest absolute Gasteiger partial charge is 0.497 e. The number of hydrazone groups is 1. The van der Waals surface area contributed by atoms with Crippen LogP contribution in [-0.4, -0.2) is 32.9 Å². The molecule has 0 saturated heterocycles. The molecule has 6 heteroatoms. The van der Waals surface area contributed by atoms with Gasteiger partial charge in [0.25, 0.3) is 5.91 Å². The minimum absolute atomic E-state index is 0.113. The Morgan fingerprint density at radius 3 is 2.48 bits per heavy atom. The number of ether oxygens (including phenoxy) is 3. The molecule has 0 radical (unpaired) electrons. The van der Waals surface area contributed by atoms with E-state index in [9.17, 15) is 4.79 Å². The van der Waals surface area contributed by atoms with Crippen molar-refractivity contribution in [2.24, 2.45) is 5.10 Å². The molecule has 0 fully saturated rings. The van der Waals surface area contributed by atoms with Crippen LogP contribution < -0.4 is 19.6 Å². The number of hydrogen-bond acceptors (Lipinski definition) is 5. The third-order valence-electron chi connectivity index (χ3n) is 3.59. The Labute approximate surface area is 147 Å². The Morgan fingerprint density at radius 1 is 1.12 bits per heavy atom. The van der Waals surface area contributed by atoms with Gasteiger partial charge in [0.05, 0.1) is 20.4 Å². The second kappa shape index (κ2) is 8.73. The minimum Gasteiger partial charge on any atom is -0.497 e. The lowest BCUT2D eigenvalue weighted by molar-refractivity contribution is -0.123. The number of benzene rings is 2. The smallest absolute Gasteiger partial charge is 0.277 e. The molecule has 0 heterocycles. The first-order valence-corrected chi connectivity index (χ1v) is 7.78. The molecule has 0 unspecified atom stereocenters. The number of amides is 1. The maximum atomic E-state index is 11.9. The van der Waals surface area contributed by atoms with E-state index in [2.05, 4.69) is 10.5 Å². The first-order valence-electron chi connectivity index (χ1n) is 7.78. The van der Waals surface area contributed by atoms with Crippen molar-refractivity contribution in [1.82, 2.24) is 5.43 Å². The predicted octanol–water partition coefficient (Wildman–Crippen LogP) is 2.85. The zero-order valence-corrected chi connectivity index (χ0v) is 14.8. The van der Waals surface area contributed by atoms with Gasteiger partial charge in [0.1, 0.15) is 17.2 Å². The van der Waals surface area contributed by atoms with Gasteiger partial charge in [0, 0.05) is 5.56 Å². The number of para-hydroxylation sites is 1. The number of nitrogens with one attached hydrogen (secondary N) is 1. The van der Waals surface area contributed by atoms with E-state index in [1.54, 1.807) is 32.4 Å². The molecule has 1 amide bonds. The average molecular weight is 342 g/mol. The van der Waals surface area contributed by atoms with Crippen molar-refractivity contribution in [3.05, 3.63) is 53.1 Å². The van der Waals surface area contributed by atoms with Crippen LogP contribution in [-0.2, 0) is 4.79 Å². The van der Waals surface area contributed by atoms with Crippen LogP contribution in [0.2, 0.25) is 0 Å². The van der Waals surface area contributed by atoms with Gasteiger partial charge in [-0.2, -0.15) is 5.10 Å². The first kappa shape index (κ1) is 18.3. The minimum atomic E-state index is -0.347. The van der Waals surface area contributed by atoms with E-state index in [1.807, 2.05) is 32.0 Å². The van der Waals surface area contributed by atoms with E-state index in [0.717, 1.165) is 16.9 Å². The standard InChI is InChI=1S/C19H22N2O4/c1-13-6-5-7-14(2)19(13)25-12-18(22)21-20-11-15-10-16(23-3)8-9-17(15)24-4/h5-11H,12H2,1-4H3,(H,21,22)/b20-11+. The highest BCUT2D eigenvalue weighted by molar-refractivity contribution is 5.86. The average Bonchev–Trinajstić information content (AvgIpc) is 2.61. The summed E-state index contributed by atoms with van der Waals surface area (Å²) >= 11 is 0. The van der Waals surface area contributed by atoms with Crippen molar-refractivity contribution < 1.29 is 19.0 Å². The summed E-state index contributed by atoms with van der Waals surface area (Å²) in [6, 6.07) is 11.1. The lowest BCUT2D eigenvalue weighted by Crippen LogP contribution is -2.25. The Kier molecular flexibility index (Phi) is 6.39. The summed E-state index contributed by atoms with van der Waals surface area (Å²) in [4.78, 5) is 11.9. The van der Waals surface area contributed by atoms with Gasteiger partial charge < -0.3 is 14.2 Å². The molecule has 6 nitrogen and oxygen atoms in total. The van der Waals surface area contributed by atoms with Crippen LogP contribution in [0.25, 0.3) is 0 Å². The van der Waals surface area contributed by atoms with Gasteiger partial charge in [-0.25, -0.2) is 5.43 Å². The molecule has 2 rings (SSSR count). The van der Waals surface area contributed by atoms with Gasteiger partial charge in [-0.05, 0) is 43.2 Å². The van der Waals surface area contributed by atoms with Crippen molar-refractivity contribution in [1.29, 1.82) is 0 Å². The molecule has 25 heavy (non-hydrogen) atoms. The van der Waals surface area contributed by atoms with Crippen LogP contribution in [0.1, 0.15) is 16.7 Å². The molecular formula is C19H22N2O4. The number of methoxy groups -OCH3 is 2. The molecule has 0 saturated carbocycles. The quantitative estimate of drug-likeness (QED) is 0.620. The third-order valence-corrected chi connectivity index (χ3v) is 3.59. The molecule has 0 bridgehead atoms. The van der Waals surface area contributed by atoms with E-state index >= 15 is 0 Å². The Balaban J connectivity index is 1.95. The molecule has 0 atom stereocenters. The van der Waals surface area contributed by atoms with E-state index in [-0.39, 0.29) is 12.5 Å². The number of hydrogen-bond donors (Lipinski definition) is 1. The van der Waals surface area contributed by atoms with Gasteiger partial charge in [0.15, 0.2) is 6.61 Å². The molecule has 1 N–H and O–H groups in total. The highest BCUT2D eigenvalue weighted by atomic mass is 16.5. The maximum Gasteiger partial charge on any atom is 0.277 e. The van der Waals surface area contributed by atoms with E-state index in [1.165, 1.54) is 6.21 Å². The van der Waals surface area contributed by atoms with Crippen molar-refractivity contribution in [3.8, 4) is 17.2 Å². The summed E-state index contributed by atoms with van der Waals surface area (Å²) in [7, 11) is 3.14. The lowest BCUT2D eigenvalue weighted by atomic mass is 10.1. The molecule has 132 valence electrons.